The maximum Gasteiger partial charge on any atom is 0.502 e. The summed E-state index contributed by atoms with van der Waals surface area (Å²) in [5.41, 5.74) is -0.985. The average molecular weight is 266 g/mol. The van der Waals surface area contributed by atoms with E-state index in [-0.39, 0.29) is 6.01 Å². The van der Waals surface area contributed by atoms with Crippen molar-refractivity contribution in [2.75, 3.05) is 7.11 Å². The van der Waals surface area contributed by atoms with Crippen LogP contribution in [0.1, 0.15) is 27.7 Å². The molecule has 7 heteroatoms. The van der Waals surface area contributed by atoms with Gasteiger partial charge < -0.3 is 18.6 Å². The fraction of sp³-hybridized carbons (Fsp3) is 0.667. The highest BCUT2D eigenvalue weighted by Crippen LogP contribution is 2.36. The van der Waals surface area contributed by atoms with Gasteiger partial charge in [-0.1, -0.05) is 0 Å². The minimum Gasteiger partial charge on any atom is -0.468 e. The molecule has 6 nitrogen and oxygen atoms in total. The van der Waals surface area contributed by atoms with Gasteiger partial charge in [0.15, 0.2) is 0 Å². The maximum atomic E-state index is 12.0. The molecule has 19 heavy (non-hydrogen) atoms. The molecule has 1 aliphatic heterocycles. The third-order valence-electron chi connectivity index (χ3n) is 3.77. The molecule has 2 rings (SSSR count). The molecule has 0 amide bonds. The Bertz CT molecular complexity index is 537. The number of rotatable bonds is 2. The van der Waals surface area contributed by atoms with E-state index in [9.17, 15) is 4.79 Å². The first-order valence-electron chi connectivity index (χ1n) is 6.15. The second-order valence-electron chi connectivity index (χ2n) is 5.69. The second-order valence-corrected chi connectivity index (χ2v) is 5.69. The topological polar surface area (TPSA) is 62.6 Å². The zero-order valence-electron chi connectivity index (χ0n) is 12.2. The molecule has 1 aliphatic rings. The predicted octanol–water partition coefficient (Wildman–Crippen LogP) is 0.0881. The molecule has 0 bridgehead atoms. The van der Waals surface area contributed by atoms with Crippen molar-refractivity contribution in [1.82, 2.24) is 9.55 Å². The molecule has 1 aromatic rings. The fourth-order valence-electron chi connectivity index (χ4n) is 1.87. The van der Waals surface area contributed by atoms with Crippen LogP contribution in [0.15, 0.2) is 11.0 Å². The molecule has 0 saturated carbocycles. The summed E-state index contributed by atoms with van der Waals surface area (Å²) in [5.74, 6) is 0. The van der Waals surface area contributed by atoms with Gasteiger partial charge in [-0.3, -0.25) is 4.79 Å². The molecule has 1 aromatic heterocycles. The lowest BCUT2D eigenvalue weighted by Gasteiger charge is -2.32. The Hall–Kier alpha value is -1.34. The Kier molecular flexibility index (Phi) is 3.22. The van der Waals surface area contributed by atoms with Gasteiger partial charge in [0.1, 0.15) is 0 Å². The van der Waals surface area contributed by atoms with E-state index in [0.717, 1.165) is 0 Å². The Labute approximate surface area is 112 Å². The number of aryl methyl sites for hydroxylation is 1. The van der Waals surface area contributed by atoms with E-state index in [1.54, 1.807) is 17.8 Å². The standard InChI is InChI=1S/C12H19BN2O4/c1-11(2)12(3,4)19-13(18-11)8-7-15(5)10(17-6)14-9(8)16/h7H,1-6H3. The van der Waals surface area contributed by atoms with Gasteiger partial charge >= 0.3 is 7.12 Å². The van der Waals surface area contributed by atoms with Crippen LogP contribution in [0.5, 0.6) is 6.01 Å². The van der Waals surface area contributed by atoms with Crippen LogP contribution in [0, 0.1) is 0 Å². The van der Waals surface area contributed by atoms with Crippen molar-refractivity contribution < 1.29 is 14.0 Å². The van der Waals surface area contributed by atoms with Crippen molar-refractivity contribution in [3.63, 3.8) is 0 Å². The van der Waals surface area contributed by atoms with E-state index < -0.39 is 23.9 Å². The first-order chi connectivity index (χ1) is 8.68. The summed E-state index contributed by atoms with van der Waals surface area (Å²) in [4.78, 5) is 15.9. The van der Waals surface area contributed by atoms with Crippen LogP contribution in [0.4, 0.5) is 0 Å². The van der Waals surface area contributed by atoms with Crippen molar-refractivity contribution in [3.05, 3.63) is 16.6 Å². The summed E-state index contributed by atoms with van der Waals surface area (Å²) in [7, 11) is 2.51. The summed E-state index contributed by atoms with van der Waals surface area (Å²) in [5, 5.41) is 0. The van der Waals surface area contributed by atoms with E-state index >= 15 is 0 Å². The van der Waals surface area contributed by atoms with Crippen molar-refractivity contribution in [2.45, 2.75) is 38.9 Å². The fourth-order valence-corrected chi connectivity index (χ4v) is 1.87. The summed E-state index contributed by atoms with van der Waals surface area (Å²) in [6.45, 7) is 7.76. The summed E-state index contributed by atoms with van der Waals surface area (Å²) in [6, 6.07) is 0.255. The quantitative estimate of drug-likeness (QED) is 0.710. The number of hydrogen-bond acceptors (Lipinski definition) is 5. The Balaban J connectivity index is 2.40. The normalized spacial score (nSPS) is 20.6. The van der Waals surface area contributed by atoms with E-state index in [2.05, 4.69) is 4.98 Å². The summed E-state index contributed by atoms with van der Waals surface area (Å²) in [6.07, 6.45) is 1.64. The number of hydrogen-bond donors (Lipinski definition) is 0. The molecule has 0 aliphatic carbocycles. The molecule has 0 aromatic carbocycles. The highest BCUT2D eigenvalue weighted by Gasteiger charge is 2.52. The van der Waals surface area contributed by atoms with Crippen LogP contribution >= 0.6 is 0 Å². The van der Waals surface area contributed by atoms with E-state index in [1.807, 2.05) is 27.7 Å². The minimum atomic E-state index is -0.706. The number of methoxy groups -OCH3 is 1. The molecular formula is C12H19BN2O4. The van der Waals surface area contributed by atoms with Crippen LogP contribution in [0.2, 0.25) is 0 Å². The molecule has 0 radical (unpaired) electrons. The molecule has 0 N–H and O–H groups in total. The van der Waals surface area contributed by atoms with Gasteiger partial charge in [0.05, 0.1) is 23.8 Å². The highest BCUT2D eigenvalue weighted by molar-refractivity contribution is 6.61. The van der Waals surface area contributed by atoms with Gasteiger partial charge in [0.25, 0.3) is 11.6 Å². The molecule has 104 valence electrons. The van der Waals surface area contributed by atoms with Gasteiger partial charge in [0.2, 0.25) is 0 Å². The predicted molar refractivity (Wildman–Crippen MR) is 71.7 cm³/mol. The zero-order chi connectivity index (χ0) is 14.4. The highest BCUT2D eigenvalue weighted by atomic mass is 16.7. The van der Waals surface area contributed by atoms with Gasteiger partial charge in [-0.2, -0.15) is 4.98 Å². The SMILES string of the molecule is COc1nc(=O)c(B2OC(C)(C)C(C)(C)O2)cn1C. The van der Waals surface area contributed by atoms with Crippen molar-refractivity contribution in [3.8, 4) is 6.01 Å². The third kappa shape index (κ3) is 2.28. The number of ether oxygens (including phenoxy) is 1. The summed E-state index contributed by atoms with van der Waals surface area (Å²) >= 11 is 0. The lowest BCUT2D eigenvalue weighted by molar-refractivity contribution is 0.00578. The van der Waals surface area contributed by atoms with Crippen LogP contribution < -0.4 is 15.8 Å². The summed E-state index contributed by atoms with van der Waals surface area (Å²) < 4.78 is 18.3. The van der Waals surface area contributed by atoms with Gasteiger partial charge in [-0.15, -0.1) is 0 Å². The molecule has 2 heterocycles. The number of nitrogens with zero attached hydrogens (tertiary/aromatic N) is 2. The monoisotopic (exact) mass is 266 g/mol. The Morgan fingerprint density at radius 1 is 1.26 bits per heavy atom. The zero-order valence-corrected chi connectivity index (χ0v) is 12.2. The van der Waals surface area contributed by atoms with Crippen LogP contribution in [-0.4, -0.2) is 35.0 Å². The first kappa shape index (κ1) is 14.1. The minimum absolute atomic E-state index is 0.255. The molecular weight excluding hydrogens is 247 g/mol. The average Bonchev–Trinajstić information content (AvgIpc) is 2.50. The van der Waals surface area contributed by atoms with Gasteiger partial charge in [-0.25, -0.2) is 0 Å². The van der Waals surface area contributed by atoms with Crippen molar-refractivity contribution >= 4 is 12.6 Å². The van der Waals surface area contributed by atoms with Gasteiger partial charge in [-0.05, 0) is 27.7 Å². The second kappa shape index (κ2) is 4.35. The maximum absolute atomic E-state index is 12.0. The van der Waals surface area contributed by atoms with Crippen LogP contribution in [-0.2, 0) is 16.4 Å². The van der Waals surface area contributed by atoms with E-state index in [4.69, 9.17) is 14.0 Å². The smallest absolute Gasteiger partial charge is 0.468 e. The molecule has 1 fully saturated rings. The van der Waals surface area contributed by atoms with Crippen molar-refractivity contribution in [2.24, 2.45) is 7.05 Å². The molecule has 0 spiro atoms. The number of aromatic nitrogens is 2. The first-order valence-corrected chi connectivity index (χ1v) is 6.15. The molecule has 1 saturated heterocycles. The lowest BCUT2D eigenvalue weighted by atomic mass is 9.81. The van der Waals surface area contributed by atoms with Gasteiger partial charge in [0, 0.05) is 13.2 Å². The van der Waals surface area contributed by atoms with Crippen LogP contribution in [0.25, 0.3) is 0 Å². The third-order valence-corrected chi connectivity index (χ3v) is 3.77. The molecule has 0 unspecified atom stereocenters. The Morgan fingerprint density at radius 3 is 2.26 bits per heavy atom. The van der Waals surface area contributed by atoms with Crippen molar-refractivity contribution in [1.29, 1.82) is 0 Å². The Morgan fingerprint density at radius 2 is 1.79 bits per heavy atom. The van der Waals surface area contributed by atoms with E-state index in [1.165, 1.54) is 7.11 Å². The lowest BCUT2D eigenvalue weighted by Crippen LogP contribution is -2.46. The molecule has 0 atom stereocenters. The van der Waals surface area contributed by atoms with Crippen LogP contribution in [0.3, 0.4) is 0 Å². The van der Waals surface area contributed by atoms with E-state index in [0.29, 0.717) is 5.46 Å². The largest absolute Gasteiger partial charge is 0.502 e.